The number of ether oxygens (including phenoxy) is 2. The van der Waals surface area contributed by atoms with Crippen LogP contribution >= 0.6 is 0 Å². The van der Waals surface area contributed by atoms with Crippen molar-refractivity contribution in [2.24, 2.45) is 5.92 Å². The van der Waals surface area contributed by atoms with Crippen LogP contribution in [0.25, 0.3) is 0 Å². The van der Waals surface area contributed by atoms with Crippen LogP contribution in [0.15, 0.2) is 24.3 Å². The van der Waals surface area contributed by atoms with Crippen LogP contribution in [0, 0.1) is 12.8 Å². The summed E-state index contributed by atoms with van der Waals surface area (Å²) < 4.78 is 9.98. The van der Waals surface area contributed by atoms with Crippen LogP contribution in [0.1, 0.15) is 25.8 Å². The summed E-state index contributed by atoms with van der Waals surface area (Å²) in [6.45, 7) is 5.65. The molecule has 4 heteroatoms. The average Bonchev–Trinajstić information content (AvgIpc) is 2.33. The van der Waals surface area contributed by atoms with Crippen LogP contribution in [0.3, 0.4) is 0 Å². The first-order valence-corrected chi connectivity index (χ1v) is 6.03. The summed E-state index contributed by atoms with van der Waals surface area (Å²) in [7, 11) is 0. The van der Waals surface area contributed by atoms with Crippen LogP contribution in [0.4, 0.5) is 0 Å². The molecule has 0 aliphatic rings. The summed E-state index contributed by atoms with van der Waals surface area (Å²) in [6, 6.07) is 7.08. The number of hydrogen-bond acceptors (Lipinski definition) is 4. The maximum atomic E-state index is 11.8. The first-order chi connectivity index (χ1) is 8.58. The van der Waals surface area contributed by atoms with E-state index < -0.39 is 17.9 Å². The number of carbonyl (C=O) groups excluding carboxylic acids is 2. The van der Waals surface area contributed by atoms with E-state index in [1.54, 1.807) is 26.0 Å². The van der Waals surface area contributed by atoms with Gasteiger partial charge in [0.2, 0.25) is 0 Å². The number of hydrogen-bond donors (Lipinski definition) is 0. The second-order valence-corrected chi connectivity index (χ2v) is 3.95. The van der Waals surface area contributed by atoms with E-state index >= 15 is 0 Å². The minimum absolute atomic E-state index is 0.257. The number of esters is 2. The van der Waals surface area contributed by atoms with E-state index in [9.17, 15) is 9.59 Å². The SMILES string of the molecule is CCOC(=O)C(CC)C(=O)Oc1ccc(C)cc1. The van der Waals surface area contributed by atoms with Crippen molar-refractivity contribution in [3.8, 4) is 5.75 Å². The van der Waals surface area contributed by atoms with E-state index in [-0.39, 0.29) is 6.61 Å². The van der Waals surface area contributed by atoms with Crippen molar-refractivity contribution in [1.82, 2.24) is 0 Å². The van der Waals surface area contributed by atoms with Crippen molar-refractivity contribution in [3.05, 3.63) is 29.8 Å². The van der Waals surface area contributed by atoms with Crippen LogP contribution in [0.2, 0.25) is 0 Å². The van der Waals surface area contributed by atoms with Gasteiger partial charge in [-0.3, -0.25) is 9.59 Å². The van der Waals surface area contributed by atoms with Gasteiger partial charge in [-0.25, -0.2) is 0 Å². The molecule has 0 aliphatic carbocycles. The van der Waals surface area contributed by atoms with Crippen molar-refractivity contribution in [1.29, 1.82) is 0 Å². The lowest BCUT2D eigenvalue weighted by Crippen LogP contribution is -2.29. The number of benzene rings is 1. The van der Waals surface area contributed by atoms with E-state index in [0.29, 0.717) is 12.2 Å². The number of rotatable bonds is 5. The average molecular weight is 250 g/mol. The standard InChI is InChI=1S/C14H18O4/c1-4-12(13(15)17-5-2)14(16)18-11-8-6-10(3)7-9-11/h6-9,12H,4-5H2,1-3H3. The van der Waals surface area contributed by atoms with E-state index in [1.165, 1.54) is 0 Å². The van der Waals surface area contributed by atoms with Gasteiger partial charge in [-0.1, -0.05) is 24.6 Å². The molecule has 0 aromatic heterocycles. The summed E-state index contributed by atoms with van der Waals surface area (Å²) in [5, 5.41) is 0. The van der Waals surface area contributed by atoms with Crippen molar-refractivity contribution in [3.63, 3.8) is 0 Å². The first kappa shape index (κ1) is 14.2. The smallest absolute Gasteiger partial charge is 0.325 e. The molecule has 1 atom stereocenters. The highest BCUT2D eigenvalue weighted by molar-refractivity contribution is 5.95. The maximum absolute atomic E-state index is 11.8. The molecule has 0 heterocycles. The zero-order valence-corrected chi connectivity index (χ0v) is 10.9. The zero-order valence-electron chi connectivity index (χ0n) is 10.9. The maximum Gasteiger partial charge on any atom is 0.325 e. The van der Waals surface area contributed by atoms with Gasteiger partial charge in [-0.15, -0.1) is 0 Å². The van der Waals surface area contributed by atoms with E-state index in [1.807, 2.05) is 19.1 Å². The van der Waals surface area contributed by atoms with Gasteiger partial charge in [0.25, 0.3) is 0 Å². The fourth-order valence-corrected chi connectivity index (χ4v) is 1.47. The van der Waals surface area contributed by atoms with Crippen LogP contribution in [-0.4, -0.2) is 18.5 Å². The summed E-state index contributed by atoms with van der Waals surface area (Å²) in [5.74, 6) is -1.52. The molecule has 0 saturated heterocycles. The topological polar surface area (TPSA) is 52.6 Å². The normalized spacial score (nSPS) is 11.7. The lowest BCUT2D eigenvalue weighted by Gasteiger charge is -2.12. The van der Waals surface area contributed by atoms with Gasteiger partial charge >= 0.3 is 11.9 Å². The molecule has 1 unspecified atom stereocenters. The van der Waals surface area contributed by atoms with Crippen LogP contribution in [0.5, 0.6) is 5.75 Å². The minimum atomic E-state index is -0.855. The molecule has 1 rings (SSSR count). The van der Waals surface area contributed by atoms with Crippen molar-refractivity contribution in [2.75, 3.05) is 6.61 Å². The highest BCUT2D eigenvalue weighted by Crippen LogP contribution is 2.15. The molecule has 0 spiro atoms. The largest absolute Gasteiger partial charge is 0.465 e. The van der Waals surface area contributed by atoms with E-state index in [0.717, 1.165) is 5.56 Å². The molecule has 1 aromatic rings. The third-order valence-corrected chi connectivity index (χ3v) is 2.50. The molecule has 0 radical (unpaired) electrons. The summed E-state index contributed by atoms with van der Waals surface area (Å²) in [4.78, 5) is 23.4. The number of carbonyl (C=O) groups is 2. The fraction of sp³-hybridized carbons (Fsp3) is 0.429. The first-order valence-electron chi connectivity index (χ1n) is 6.03. The molecule has 0 amide bonds. The molecule has 18 heavy (non-hydrogen) atoms. The third kappa shape index (κ3) is 3.87. The monoisotopic (exact) mass is 250 g/mol. The summed E-state index contributed by atoms with van der Waals surface area (Å²) >= 11 is 0. The Labute approximate surface area is 107 Å². The Morgan fingerprint density at radius 3 is 2.22 bits per heavy atom. The van der Waals surface area contributed by atoms with Gasteiger partial charge in [0, 0.05) is 0 Å². The van der Waals surface area contributed by atoms with Crippen molar-refractivity contribution >= 4 is 11.9 Å². The molecule has 0 fully saturated rings. The zero-order chi connectivity index (χ0) is 13.5. The van der Waals surface area contributed by atoms with E-state index in [4.69, 9.17) is 9.47 Å². The minimum Gasteiger partial charge on any atom is -0.465 e. The van der Waals surface area contributed by atoms with Crippen molar-refractivity contribution < 1.29 is 19.1 Å². The van der Waals surface area contributed by atoms with Gasteiger partial charge < -0.3 is 9.47 Å². The Morgan fingerprint density at radius 2 is 1.72 bits per heavy atom. The molecule has 98 valence electrons. The molecule has 1 aromatic carbocycles. The van der Waals surface area contributed by atoms with Gasteiger partial charge in [0.05, 0.1) is 6.61 Å². The Kier molecular flexibility index (Phi) is 5.36. The van der Waals surface area contributed by atoms with Gasteiger partial charge in [0.1, 0.15) is 5.75 Å². The molecule has 0 N–H and O–H groups in total. The summed E-state index contributed by atoms with van der Waals surface area (Å²) in [6.07, 6.45) is 0.365. The van der Waals surface area contributed by atoms with Gasteiger partial charge in [-0.05, 0) is 32.4 Å². The third-order valence-electron chi connectivity index (χ3n) is 2.50. The second kappa shape index (κ2) is 6.79. The van der Waals surface area contributed by atoms with Crippen LogP contribution < -0.4 is 4.74 Å². The molecule has 0 saturated carbocycles. The Bertz CT molecular complexity index is 408. The quantitative estimate of drug-likeness (QED) is 0.457. The fourth-order valence-electron chi connectivity index (χ4n) is 1.47. The van der Waals surface area contributed by atoms with Gasteiger partial charge in [0.15, 0.2) is 5.92 Å². The second-order valence-electron chi connectivity index (χ2n) is 3.95. The van der Waals surface area contributed by atoms with Gasteiger partial charge in [-0.2, -0.15) is 0 Å². The van der Waals surface area contributed by atoms with Crippen LogP contribution in [-0.2, 0) is 14.3 Å². The highest BCUT2D eigenvalue weighted by Gasteiger charge is 2.28. The molecule has 0 bridgehead atoms. The predicted octanol–water partition coefficient (Wildman–Crippen LogP) is 2.49. The molecule has 4 nitrogen and oxygen atoms in total. The van der Waals surface area contributed by atoms with Crippen molar-refractivity contribution in [2.45, 2.75) is 27.2 Å². The van der Waals surface area contributed by atoms with E-state index in [2.05, 4.69) is 0 Å². The number of aryl methyl sites for hydroxylation is 1. The highest BCUT2D eigenvalue weighted by atomic mass is 16.6. The molecule has 0 aliphatic heterocycles. The molecular weight excluding hydrogens is 232 g/mol. The Morgan fingerprint density at radius 1 is 1.11 bits per heavy atom. The predicted molar refractivity (Wildman–Crippen MR) is 67.2 cm³/mol. The lowest BCUT2D eigenvalue weighted by molar-refractivity contribution is -0.157. The molecular formula is C14H18O4. The lowest BCUT2D eigenvalue weighted by atomic mass is 10.1. The Balaban J connectivity index is 2.67. The Hall–Kier alpha value is -1.84. The summed E-state index contributed by atoms with van der Waals surface area (Å²) in [5.41, 5.74) is 1.08.